The van der Waals surface area contributed by atoms with Crippen LogP contribution in [0.1, 0.15) is 33.6 Å². The summed E-state index contributed by atoms with van der Waals surface area (Å²) < 4.78 is 0. The predicted molar refractivity (Wildman–Crippen MR) is 71.2 cm³/mol. The van der Waals surface area contributed by atoms with E-state index < -0.39 is 0 Å². The minimum absolute atomic E-state index is 0.352. The highest BCUT2D eigenvalue weighted by molar-refractivity contribution is 5.00. The minimum Gasteiger partial charge on any atom is -0.316 e. The third-order valence-corrected chi connectivity index (χ3v) is 4.92. The lowest BCUT2D eigenvalue weighted by Gasteiger charge is -2.48. The highest BCUT2D eigenvalue weighted by Gasteiger charge is 2.43. The van der Waals surface area contributed by atoms with Gasteiger partial charge in [-0.05, 0) is 39.5 Å². The summed E-state index contributed by atoms with van der Waals surface area (Å²) in [5.41, 5.74) is 0.352. The van der Waals surface area contributed by atoms with Crippen molar-refractivity contribution in [3.05, 3.63) is 0 Å². The van der Waals surface area contributed by atoms with Crippen LogP contribution in [0.4, 0.5) is 0 Å². The first-order chi connectivity index (χ1) is 8.04. The Morgan fingerprint density at radius 3 is 2.06 bits per heavy atom. The Hall–Kier alpha value is -0.120. The Labute approximate surface area is 106 Å². The molecule has 3 fully saturated rings. The summed E-state index contributed by atoms with van der Waals surface area (Å²) in [5.74, 6) is 0.930. The van der Waals surface area contributed by atoms with E-state index in [4.69, 9.17) is 0 Å². The zero-order valence-corrected chi connectivity index (χ0v) is 11.6. The zero-order chi connectivity index (χ0) is 12.0. The Kier molecular flexibility index (Phi) is 2.96. The number of hydrogen-bond acceptors (Lipinski definition) is 3. The van der Waals surface area contributed by atoms with Crippen LogP contribution in [0.15, 0.2) is 0 Å². The van der Waals surface area contributed by atoms with Crippen LogP contribution in [-0.4, -0.2) is 60.1 Å². The number of nitrogens with zero attached hydrogens (tertiary/aromatic N) is 2. The van der Waals surface area contributed by atoms with Crippen molar-refractivity contribution >= 4 is 0 Å². The van der Waals surface area contributed by atoms with Crippen molar-refractivity contribution in [2.75, 3.05) is 32.7 Å². The van der Waals surface area contributed by atoms with Gasteiger partial charge in [-0.25, -0.2) is 0 Å². The Morgan fingerprint density at radius 2 is 1.65 bits per heavy atom. The average molecular weight is 237 g/mol. The fourth-order valence-electron chi connectivity index (χ4n) is 3.61. The molecule has 2 atom stereocenters. The van der Waals surface area contributed by atoms with Gasteiger partial charge in [-0.2, -0.15) is 0 Å². The van der Waals surface area contributed by atoms with Gasteiger partial charge in [0, 0.05) is 50.3 Å². The van der Waals surface area contributed by atoms with Crippen molar-refractivity contribution < 1.29 is 0 Å². The topological polar surface area (TPSA) is 18.5 Å². The largest absolute Gasteiger partial charge is 0.316 e. The molecule has 0 radical (unpaired) electrons. The Bertz CT molecular complexity index is 266. The molecule has 0 aliphatic carbocycles. The van der Waals surface area contributed by atoms with Crippen molar-refractivity contribution in [2.45, 2.75) is 51.2 Å². The van der Waals surface area contributed by atoms with E-state index in [1.165, 1.54) is 45.6 Å². The first-order valence-corrected chi connectivity index (χ1v) is 7.25. The van der Waals surface area contributed by atoms with E-state index in [9.17, 15) is 0 Å². The maximum atomic E-state index is 3.40. The molecule has 3 heterocycles. The van der Waals surface area contributed by atoms with Crippen molar-refractivity contribution in [1.82, 2.24) is 15.1 Å². The van der Waals surface area contributed by atoms with Crippen molar-refractivity contribution in [2.24, 2.45) is 5.92 Å². The van der Waals surface area contributed by atoms with E-state index >= 15 is 0 Å². The van der Waals surface area contributed by atoms with Crippen LogP contribution >= 0.6 is 0 Å². The van der Waals surface area contributed by atoms with Crippen molar-refractivity contribution in [3.8, 4) is 0 Å². The fraction of sp³-hybridized carbons (Fsp3) is 1.00. The van der Waals surface area contributed by atoms with Gasteiger partial charge in [0.05, 0.1) is 0 Å². The standard InChI is InChI=1S/C14H27N3/c1-14(2,3)16-9-12-4-5-13(10-16)17(12)8-11-6-15-7-11/h11-13,15H,4-10H2,1-3H3. The van der Waals surface area contributed by atoms with Gasteiger partial charge in [-0.15, -0.1) is 0 Å². The normalized spacial score (nSPS) is 36.2. The molecule has 98 valence electrons. The average Bonchev–Trinajstić information content (AvgIpc) is 2.43. The Morgan fingerprint density at radius 1 is 1.06 bits per heavy atom. The quantitative estimate of drug-likeness (QED) is 0.777. The molecule has 3 nitrogen and oxygen atoms in total. The second kappa shape index (κ2) is 4.22. The maximum absolute atomic E-state index is 3.40. The zero-order valence-electron chi connectivity index (χ0n) is 11.6. The smallest absolute Gasteiger partial charge is 0.0227 e. The molecule has 0 amide bonds. The van der Waals surface area contributed by atoms with Gasteiger partial charge in [0.1, 0.15) is 0 Å². The molecule has 0 aromatic rings. The summed E-state index contributed by atoms with van der Waals surface area (Å²) in [6, 6.07) is 1.68. The molecule has 1 N–H and O–H groups in total. The molecule has 0 aromatic heterocycles. The van der Waals surface area contributed by atoms with E-state index in [1.54, 1.807) is 0 Å². The van der Waals surface area contributed by atoms with Crippen molar-refractivity contribution in [1.29, 1.82) is 0 Å². The summed E-state index contributed by atoms with van der Waals surface area (Å²) in [6.07, 6.45) is 2.86. The third kappa shape index (κ3) is 2.25. The highest BCUT2D eigenvalue weighted by atomic mass is 15.3. The molecular formula is C14H27N3. The second-order valence-electron chi connectivity index (χ2n) is 7.18. The van der Waals surface area contributed by atoms with Crippen LogP contribution in [0.25, 0.3) is 0 Å². The summed E-state index contributed by atoms with van der Waals surface area (Å²) in [7, 11) is 0. The Balaban J connectivity index is 1.63. The molecule has 0 saturated carbocycles. The molecule has 2 unspecified atom stereocenters. The van der Waals surface area contributed by atoms with Crippen LogP contribution in [0.5, 0.6) is 0 Å². The molecular weight excluding hydrogens is 210 g/mol. The van der Waals surface area contributed by atoms with Crippen LogP contribution in [-0.2, 0) is 0 Å². The van der Waals surface area contributed by atoms with Crippen LogP contribution in [0.3, 0.4) is 0 Å². The number of rotatable bonds is 2. The van der Waals surface area contributed by atoms with E-state index in [-0.39, 0.29) is 0 Å². The maximum Gasteiger partial charge on any atom is 0.0227 e. The van der Waals surface area contributed by atoms with Crippen LogP contribution in [0.2, 0.25) is 0 Å². The van der Waals surface area contributed by atoms with Gasteiger partial charge in [0.25, 0.3) is 0 Å². The monoisotopic (exact) mass is 237 g/mol. The molecule has 3 aliphatic heterocycles. The number of fused-ring (bicyclic) bond motifs is 2. The van der Waals surface area contributed by atoms with Gasteiger partial charge in [-0.1, -0.05) is 0 Å². The number of piperazine rings is 1. The number of nitrogens with one attached hydrogen (secondary N) is 1. The molecule has 0 aromatic carbocycles. The lowest BCUT2D eigenvalue weighted by molar-refractivity contribution is 0.00433. The lowest BCUT2D eigenvalue weighted by Crippen LogP contribution is -2.61. The van der Waals surface area contributed by atoms with Gasteiger partial charge in [-0.3, -0.25) is 9.80 Å². The second-order valence-corrected chi connectivity index (χ2v) is 7.18. The van der Waals surface area contributed by atoms with E-state index in [2.05, 4.69) is 35.9 Å². The van der Waals surface area contributed by atoms with Gasteiger partial charge in [0.15, 0.2) is 0 Å². The highest BCUT2D eigenvalue weighted by Crippen LogP contribution is 2.33. The molecule has 17 heavy (non-hydrogen) atoms. The van der Waals surface area contributed by atoms with E-state index in [1.807, 2.05) is 0 Å². The van der Waals surface area contributed by atoms with Crippen molar-refractivity contribution in [3.63, 3.8) is 0 Å². The van der Waals surface area contributed by atoms with Crippen LogP contribution in [0, 0.1) is 5.92 Å². The van der Waals surface area contributed by atoms with Crippen LogP contribution < -0.4 is 5.32 Å². The minimum atomic E-state index is 0.352. The van der Waals surface area contributed by atoms with Gasteiger partial charge >= 0.3 is 0 Å². The van der Waals surface area contributed by atoms with Gasteiger partial charge in [0.2, 0.25) is 0 Å². The molecule has 3 heteroatoms. The fourth-order valence-corrected chi connectivity index (χ4v) is 3.61. The lowest BCUT2D eigenvalue weighted by atomic mass is 9.98. The molecule has 2 bridgehead atoms. The third-order valence-electron chi connectivity index (χ3n) is 4.92. The molecule has 3 aliphatic rings. The number of hydrogen-bond donors (Lipinski definition) is 1. The van der Waals surface area contributed by atoms with Gasteiger partial charge < -0.3 is 5.32 Å². The first-order valence-electron chi connectivity index (χ1n) is 7.25. The summed E-state index contributed by atoms with van der Waals surface area (Å²) >= 11 is 0. The number of likely N-dealkylation sites (tertiary alicyclic amines) is 1. The first kappa shape index (κ1) is 11.9. The van der Waals surface area contributed by atoms with E-state index in [0.29, 0.717) is 5.54 Å². The molecule has 3 rings (SSSR count). The predicted octanol–water partition coefficient (Wildman–Crippen LogP) is 1.15. The molecule has 3 saturated heterocycles. The summed E-state index contributed by atoms with van der Waals surface area (Å²) in [5, 5.41) is 3.40. The summed E-state index contributed by atoms with van der Waals surface area (Å²) in [6.45, 7) is 13.5. The SMILES string of the molecule is CC(C)(C)N1CC2CCC(C1)N2CC1CNC1. The van der Waals surface area contributed by atoms with E-state index in [0.717, 1.165) is 18.0 Å². The molecule has 0 spiro atoms. The summed E-state index contributed by atoms with van der Waals surface area (Å²) in [4.78, 5) is 5.53.